The van der Waals surface area contributed by atoms with Crippen LogP contribution < -0.4 is 4.74 Å². The van der Waals surface area contributed by atoms with Gasteiger partial charge in [-0.3, -0.25) is 0 Å². The van der Waals surface area contributed by atoms with Gasteiger partial charge in [-0.05, 0) is 30.5 Å². The van der Waals surface area contributed by atoms with Gasteiger partial charge in [-0.15, -0.1) is 0 Å². The number of nitrogens with zero attached hydrogens (tertiary/aromatic N) is 2. The van der Waals surface area contributed by atoms with Crippen molar-refractivity contribution >= 4 is 11.8 Å². The van der Waals surface area contributed by atoms with Crippen LogP contribution in [0.25, 0.3) is 0 Å². The second-order valence-corrected chi connectivity index (χ2v) is 6.58. The topological polar surface area (TPSA) is 47.3 Å². The molecule has 1 saturated carbocycles. The van der Waals surface area contributed by atoms with Crippen molar-refractivity contribution in [1.29, 1.82) is 0 Å². The maximum atomic E-state index is 9.56. The lowest BCUT2D eigenvalue weighted by atomic mass is 10.2. The predicted octanol–water partition coefficient (Wildman–Crippen LogP) is 3.79. The number of hydrogen-bond acceptors (Lipinski definition) is 4. The Balaban J connectivity index is 1.75. The molecule has 1 heterocycles. The molecule has 1 aliphatic carbocycles. The summed E-state index contributed by atoms with van der Waals surface area (Å²) in [4.78, 5) is 4.52. The quantitative estimate of drug-likeness (QED) is 0.823. The van der Waals surface area contributed by atoms with E-state index < -0.39 is 0 Å². The average molecular weight is 318 g/mol. The summed E-state index contributed by atoms with van der Waals surface area (Å²) < 4.78 is 7.52. The van der Waals surface area contributed by atoms with E-state index in [0.29, 0.717) is 6.04 Å². The zero-order chi connectivity index (χ0) is 15.4. The largest absolute Gasteiger partial charge is 0.497 e. The molecule has 1 fully saturated rings. The maximum Gasteiger partial charge on any atom is 0.168 e. The van der Waals surface area contributed by atoms with Gasteiger partial charge in [0.05, 0.1) is 25.6 Å². The number of benzene rings is 1. The van der Waals surface area contributed by atoms with Crippen LogP contribution >= 0.6 is 11.8 Å². The van der Waals surface area contributed by atoms with Gasteiger partial charge in [-0.25, -0.2) is 4.98 Å². The van der Waals surface area contributed by atoms with Crippen LogP contribution in [0.3, 0.4) is 0 Å². The molecule has 22 heavy (non-hydrogen) atoms. The van der Waals surface area contributed by atoms with E-state index in [2.05, 4.69) is 21.7 Å². The van der Waals surface area contributed by atoms with Crippen molar-refractivity contribution in [2.75, 3.05) is 7.11 Å². The van der Waals surface area contributed by atoms with E-state index in [-0.39, 0.29) is 6.61 Å². The first-order valence-electron chi connectivity index (χ1n) is 7.74. The molecule has 118 valence electrons. The molecule has 0 spiro atoms. The van der Waals surface area contributed by atoms with Crippen LogP contribution in [0.5, 0.6) is 5.75 Å². The molecule has 5 heteroatoms. The Kier molecular flexibility index (Phi) is 5.05. The minimum Gasteiger partial charge on any atom is -0.497 e. The van der Waals surface area contributed by atoms with E-state index in [9.17, 15) is 5.11 Å². The Bertz CT molecular complexity index is 621. The molecular weight excluding hydrogens is 296 g/mol. The Morgan fingerprint density at radius 2 is 2.18 bits per heavy atom. The lowest BCUT2D eigenvalue weighted by molar-refractivity contribution is 0.263. The standard InChI is InChI=1S/C17H22N2O2S/c1-21-16-8-4-5-13(9-16)12-22-17-18-10-15(11-20)19(17)14-6-2-3-7-14/h4-5,8-10,14,20H,2-3,6-7,11-12H2,1H3. The molecule has 1 aromatic carbocycles. The lowest BCUT2D eigenvalue weighted by Gasteiger charge is -2.17. The van der Waals surface area contributed by atoms with E-state index >= 15 is 0 Å². The highest BCUT2D eigenvalue weighted by molar-refractivity contribution is 7.98. The molecule has 1 N–H and O–H groups in total. The van der Waals surface area contributed by atoms with Crippen LogP contribution in [0, 0.1) is 0 Å². The van der Waals surface area contributed by atoms with Crippen LogP contribution in [0.4, 0.5) is 0 Å². The lowest BCUT2D eigenvalue weighted by Crippen LogP contribution is -2.10. The number of rotatable bonds is 6. The summed E-state index contributed by atoms with van der Waals surface area (Å²) in [6.07, 6.45) is 6.74. The third-order valence-electron chi connectivity index (χ3n) is 4.19. The monoisotopic (exact) mass is 318 g/mol. The summed E-state index contributed by atoms with van der Waals surface area (Å²) in [5.74, 6) is 1.74. The van der Waals surface area contributed by atoms with E-state index in [1.54, 1.807) is 18.9 Å². The molecule has 3 rings (SSSR count). The van der Waals surface area contributed by atoms with E-state index in [1.165, 1.54) is 31.2 Å². The van der Waals surface area contributed by atoms with E-state index in [1.807, 2.05) is 18.3 Å². The summed E-state index contributed by atoms with van der Waals surface area (Å²) in [5, 5.41) is 10.6. The Morgan fingerprint density at radius 1 is 1.36 bits per heavy atom. The van der Waals surface area contributed by atoms with Crippen molar-refractivity contribution in [3.8, 4) is 5.75 Å². The number of aliphatic hydroxyl groups excluding tert-OH is 1. The molecular formula is C17H22N2O2S. The number of methoxy groups -OCH3 is 1. The Morgan fingerprint density at radius 3 is 2.91 bits per heavy atom. The van der Waals surface area contributed by atoms with Crippen molar-refractivity contribution in [3.05, 3.63) is 41.7 Å². The first-order valence-corrected chi connectivity index (χ1v) is 8.73. The van der Waals surface area contributed by atoms with Gasteiger partial charge < -0.3 is 14.4 Å². The highest BCUT2D eigenvalue weighted by atomic mass is 32.2. The van der Waals surface area contributed by atoms with Gasteiger partial charge in [0, 0.05) is 11.8 Å². The Hall–Kier alpha value is -1.46. The summed E-state index contributed by atoms with van der Waals surface area (Å²) in [7, 11) is 1.69. The molecule has 0 bridgehead atoms. The number of imidazole rings is 1. The highest BCUT2D eigenvalue weighted by Crippen LogP contribution is 2.35. The zero-order valence-electron chi connectivity index (χ0n) is 12.9. The predicted molar refractivity (Wildman–Crippen MR) is 88.2 cm³/mol. The van der Waals surface area contributed by atoms with Gasteiger partial charge in [-0.2, -0.15) is 0 Å². The zero-order valence-corrected chi connectivity index (χ0v) is 13.7. The fourth-order valence-corrected chi connectivity index (χ4v) is 4.07. The number of thioether (sulfide) groups is 1. The van der Waals surface area contributed by atoms with Gasteiger partial charge in [0.1, 0.15) is 5.75 Å². The molecule has 1 aromatic heterocycles. The maximum absolute atomic E-state index is 9.56. The number of aliphatic hydroxyl groups is 1. The minimum absolute atomic E-state index is 0.0587. The molecule has 0 aliphatic heterocycles. The van der Waals surface area contributed by atoms with Gasteiger partial charge in [-0.1, -0.05) is 36.7 Å². The molecule has 0 atom stereocenters. The van der Waals surface area contributed by atoms with Crippen molar-refractivity contribution in [3.63, 3.8) is 0 Å². The summed E-state index contributed by atoms with van der Waals surface area (Å²) in [5.41, 5.74) is 2.15. The van der Waals surface area contributed by atoms with E-state index in [4.69, 9.17) is 4.74 Å². The van der Waals surface area contributed by atoms with E-state index in [0.717, 1.165) is 22.4 Å². The fourth-order valence-electron chi connectivity index (χ4n) is 3.06. The van der Waals surface area contributed by atoms with Crippen LogP contribution in [-0.4, -0.2) is 21.8 Å². The smallest absolute Gasteiger partial charge is 0.168 e. The second kappa shape index (κ2) is 7.20. The first-order chi connectivity index (χ1) is 10.8. The number of hydrogen-bond donors (Lipinski definition) is 1. The molecule has 0 radical (unpaired) electrons. The molecule has 0 amide bonds. The fraction of sp³-hybridized carbons (Fsp3) is 0.471. The summed E-state index contributed by atoms with van der Waals surface area (Å²) in [6.45, 7) is 0.0587. The van der Waals surface area contributed by atoms with Gasteiger partial charge in [0.15, 0.2) is 5.16 Å². The number of aromatic nitrogens is 2. The summed E-state index contributed by atoms with van der Waals surface area (Å²) in [6, 6.07) is 8.63. The minimum atomic E-state index is 0.0587. The van der Waals surface area contributed by atoms with Gasteiger partial charge in [0.2, 0.25) is 0 Å². The third kappa shape index (κ3) is 3.31. The molecule has 2 aromatic rings. The van der Waals surface area contributed by atoms with Crippen molar-refractivity contribution in [2.24, 2.45) is 0 Å². The Labute approximate surface area is 135 Å². The van der Waals surface area contributed by atoms with Crippen LogP contribution in [0.1, 0.15) is 43.0 Å². The average Bonchev–Trinajstić information content (AvgIpc) is 3.21. The summed E-state index contributed by atoms with van der Waals surface area (Å²) >= 11 is 1.73. The second-order valence-electron chi connectivity index (χ2n) is 5.64. The van der Waals surface area contributed by atoms with Crippen LogP contribution in [0.15, 0.2) is 35.6 Å². The van der Waals surface area contributed by atoms with Crippen LogP contribution in [0.2, 0.25) is 0 Å². The first kappa shape index (κ1) is 15.4. The molecule has 1 aliphatic rings. The SMILES string of the molecule is COc1cccc(CSc2ncc(CO)n2C2CCCC2)c1. The van der Waals surface area contributed by atoms with Gasteiger partial charge in [0.25, 0.3) is 0 Å². The van der Waals surface area contributed by atoms with Gasteiger partial charge >= 0.3 is 0 Å². The van der Waals surface area contributed by atoms with Crippen LogP contribution in [-0.2, 0) is 12.4 Å². The highest BCUT2D eigenvalue weighted by Gasteiger charge is 2.22. The van der Waals surface area contributed by atoms with Crippen molar-refractivity contribution in [2.45, 2.75) is 49.2 Å². The molecule has 0 saturated heterocycles. The van der Waals surface area contributed by atoms with Crippen molar-refractivity contribution in [1.82, 2.24) is 9.55 Å². The molecule has 4 nitrogen and oxygen atoms in total. The third-order valence-corrected chi connectivity index (χ3v) is 5.23. The normalized spacial score (nSPS) is 15.4. The molecule has 0 unspecified atom stereocenters. The number of ether oxygens (including phenoxy) is 1. The van der Waals surface area contributed by atoms with Crippen molar-refractivity contribution < 1.29 is 9.84 Å².